The van der Waals surface area contributed by atoms with E-state index in [1.54, 1.807) is 13.1 Å². The molecular weight excluding hydrogens is 532 g/mol. The van der Waals surface area contributed by atoms with E-state index in [2.05, 4.69) is 20.1 Å². The third-order valence-electron chi connectivity index (χ3n) is 9.58. The maximum Gasteiger partial charge on any atom is 0.240 e. The largest absolute Gasteiger partial charge is 0.395 e. The van der Waals surface area contributed by atoms with Crippen molar-refractivity contribution in [2.24, 2.45) is 0 Å². The summed E-state index contributed by atoms with van der Waals surface area (Å²) in [6, 6.07) is 6.66. The molecule has 2 atom stereocenters. The van der Waals surface area contributed by atoms with Gasteiger partial charge in [0, 0.05) is 55.4 Å². The summed E-state index contributed by atoms with van der Waals surface area (Å²) in [7, 11) is 0. The first kappa shape index (κ1) is 27.4. The fourth-order valence-corrected chi connectivity index (χ4v) is 7.42. The highest BCUT2D eigenvalue weighted by atomic mass is 16.3. The number of hydrogen-bond acceptors (Lipinski definition) is 10. The Balaban J connectivity index is 1.10. The van der Waals surface area contributed by atoms with Gasteiger partial charge < -0.3 is 25.3 Å². The van der Waals surface area contributed by atoms with Gasteiger partial charge in [0.15, 0.2) is 5.82 Å². The molecule has 4 aliphatic heterocycles. The predicted octanol–water partition coefficient (Wildman–Crippen LogP) is 3.08. The molecule has 11 heteroatoms. The van der Waals surface area contributed by atoms with Crippen molar-refractivity contribution >= 4 is 34.4 Å². The number of anilines is 3. The van der Waals surface area contributed by atoms with E-state index in [1.165, 1.54) is 25.7 Å². The molecule has 42 heavy (non-hydrogen) atoms. The first-order chi connectivity index (χ1) is 20.5. The zero-order valence-corrected chi connectivity index (χ0v) is 24.2. The van der Waals surface area contributed by atoms with Crippen molar-refractivity contribution in [2.75, 3.05) is 36.5 Å². The summed E-state index contributed by atoms with van der Waals surface area (Å²) in [6.07, 6.45) is 9.49. The first-order valence-electron chi connectivity index (χ1n) is 15.5. The number of nitrogens with zero attached hydrogens (tertiary/aromatic N) is 7. The molecule has 0 saturated carbocycles. The monoisotopic (exact) mass is 572 g/mol. The molecular formula is C31H40N8O3. The number of carbonyl (C=O) groups is 1. The molecule has 0 spiro atoms. The highest BCUT2D eigenvalue weighted by molar-refractivity contribution is 5.90. The van der Waals surface area contributed by atoms with Crippen molar-refractivity contribution in [2.45, 2.75) is 89.1 Å². The first-order valence-corrected chi connectivity index (χ1v) is 15.5. The summed E-state index contributed by atoms with van der Waals surface area (Å²) < 4.78 is 0. The van der Waals surface area contributed by atoms with Gasteiger partial charge in [-0.25, -0.2) is 19.9 Å². The molecule has 3 aromatic rings. The van der Waals surface area contributed by atoms with E-state index in [0.29, 0.717) is 55.6 Å². The SMILES string of the molecule is CC(O)c1cc2cnc(Nc3ccc4c(n3)CCN(C(=O)[C@@H]3CCCCN3CCO)C4)nc2c(N2C3CCC2CC3)n1. The molecule has 3 aromatic heterocycles. The molecule has 11 nitrogen and oxygen atoms in total. The van der Waals surface area contributed by atoms with Crippen LogP contribution in [0, 0.1) is 0 Å². The fourth-order valence-electron chi connectivity index (χ4n) is 7.42. The average Bonchev–Trinajstić information content (AvgIpc) is 3.61. The third-order valence-corrected chi connectivity index (χ3v) is 9.58. The lowest BCUT2D eigenvalue weighted by Gasteiger charge is -2.38. The summed E-state index contributed by atoms with van der Waals surface area (Å²) in [5.41, 5.74) is 3.48. The van der Waals surface area contributed by atoms with Crippen molar-refractivity contribution in [3.63, 3.8) is 0 Å². The van der Waals surface area contributed by atoms with Crippen LogP contribution in [0.2, 0.25) is 0 Å². The number of amides is 1. The standard InChI is InChI=1S/C31H40N8O3/c1-19(41)25-16-21-17-32-31(36-28(21)29(34-25)39-22-6-7-23(39)9-8-22)35-27-10-5-20-18-38(13-11-24(20)33-27)30(42)26-4-2-3-12-37(26)14-15-40/h5,10,16-17,19,22-23,26,40-41H,2-4,6-9,11-15,18H2,1H3,(H,32,33,35,36)/t19?,22?,23?,26-/m0/s1. The molecule has 222 valence electrons. The molecule has 1 amide bonds. The number of pyridine rings is 2. The van der Waals surface area contributed by atoms with Crippen LogP contribution in [-0.4, -0.2) is 90.2 Å². The number of nitrogens with one attached hydrogen (secondary N) is 1. The van der Waals surface area contributed by atoms with Crippen LogP contribution in [0.25, 0.3) is 10.9 Å². The number of rotatable bonds is 7. The highest BCUT2D eigenvalue weighted by Crippen LogP contribution is 2.42. The van der Waals surface area contributed by atoms with Crippen LogP contribution in [0.5, 0.6) is 0 Å². The Morgan fingerprint density at radius 2 is 1.88 bits per heavy atom. The number of aliphatic hydroxyl groups excluding tert-OH is 2. The molecule has 7 heterocycles. The zero-order valence-electron chi connectivity index (χ0n) is 24.2. The topological polar surface area (TPSA) is 131 Å². The Kier molecular flexibility index (Phi) is 7.41. The zero-order chi connectivity index (χ0) is 28.8. The Morgan fingerprint density at radius 3 is 2.64 bits per heavy atom. The number of aliphatic hydroxyl groups is 2. The fraction of sp³-hybridized carbons (Fsp3) is 0.581. The molecule has 7 rings (SSSR count). The lowest BCUT2D eigenvalue weighted by Crippen LogP contribution is -2.52. The third kappa shape index (κ3) is 5.07. The lowest BCUT2D eigenvalue weighted by molar-refractivity contribution is -0.139. The van der Waals surface area contributed by atoms with E-state index in [0.717, 1.165) is 53.8 Å². The van der Waals surface area contributed by atoms with Gasteiger partial charge in [0.25, 0.3) is 0 Å². The molecule has 0 aliphatic carbocycles. The summed E-state index contributed by atoms with van der Waals surface area (Å²) >= 11 is 0. The Morgan fingerprint density at radius 1 is 1.07 bits per heavy atom. The minimum absolute atomic E-state index is 0.0766. The van der Waals surface area contributed by atoms with E-state index < -0.39 is 6.10 Å². The molecule has 0 radical (unpaired) electrons. The van der Waals surface area contributed by atoms with Crippen LogP contribution in [0.15, 0.2) is 24.4 Å². The van der Waals surface area contributed by atoms with E-state index in [1.807, 2.05) is 23.1 Å². The van der Waals surface area contributed by atoms with Gasteiger partial charge in [-0.2, -0.15) is 0 Å². The molecule has 1 unspecified atom stereocenters. The molecule has 3 saturated heterocycles. The van der Waals surface area contributed by atoms with Crippen LogP contribution in [0.1, 0.15) is 74.9 Å². The Bertz CT molecular complexity index is 1460. The number of likely N-dealkylation sites (tertiary alicyclic amines) is 1. The normalized spacial score (nSPS) is 24.7. The summed E-state index contributed by atoms with van der Waals surface area (Å²) in [6.45, 7) is 4.42. The van der Waals surface area contributed by atoms with Crippen LogP contribution < -0.4 is 10.2 Å². The van der Waals surface area contributed by atoms with Gasteiger partial charge in [-0.15, -0.1) is 0 Å². The quantitative estimate of drug-likeness (QED) is 0.388. The second-order valence-electron chi connectivity index (χ2n) is 12.3. The van der Waals surface area contributed by atoms with E-state index in [-0.39, 0.29) is 18.6 Å². The maximum absolute atomic E-state index is 13.4. The van der Waals surface area contributed by atoms with Gasteiger partial charge in [-0.1, -0.05) is 12.5 Å². The number of piperidine rings is 1. The van der Waals surface area contributed by atoms with Crippen molar-refractivity contribution in [3.8, 4) is 0 Å². The van der Waals surface area contributed by atoms with Crippen LogP contribution in [0.3, 0.4) is 0 Å². The molecule has 0 aromatic carbocycles. The minimum Gasteiger partial charge on any atom is -0.395 e. The van der Waals surface area contributed by atoms with Gasteiger partial charge in [0.1, 0.15) is 11.3 Å². The second-order valence-corrected chi connectivity index (χ2v) is 12.3. The van der Waals surface area contributed by atoms with Crippen LogP contribution >= 0.6 is 0 Å². The Hall–Kier alpha value is -3.41. The minimum atomic E-state index is -0.667. The van der Waals surface area contributed by atoms with E-state index in [9.17, 15) is 15.0 Å². The maximum atomic E-state index is 13.4. The van der Waals surface area contributed by atoms with Crippen LogP contribution in [0.4, 0.5) is 17.6 Å². The van der Waals surface area contributed by atoms with Crippen molar-refractivity contribution in [1.29, 1.82) is 0 Å². The van der Waals surface area contributed by atoms with Gasteiger partial charge in [0.05, 0.1) is 24.4 Å². The second kappa shape index (κ2) is 11.3. The number of β-amino-alcohol motifs (C(OH)–C–C–N with tert-alkyl or cyclic N) is 1. The summed E-state index contributed by atoms with van der Waals surface area (Å²) in [5.74, 6) is 2.14. The van der Waals surface area contributed by atoms with Crippen molar-refractivity contribution in [1.82, 2.24) is 29.7 Å². The van der Waals surface area contributed by atoms with Gasteiger partial charge in [-0.05, 0) is 69.7 Å². The van der Waals surface area contributed by atoms with E-state index >= 15 is 0 Å². The van der Waals surface area contributed by atoms with Crippen LogP contribution in [-0.2, 0) is 17.8 Å². The van der Waals surface area contributed by atoms with Gasteiger partial charge in [-0.3, -0.25) is 9.69 Å². The number of hydrogen-bond donors (Lipinski definition) is 3. The summed E-state index contributed by atoms with van der Waals surface area (Å²) in [4.78, 5) is 39.2. The molecule has 3 fully saturated rings. The van der Waals surface area contributed by atoms with E-state index in [4.69, 9.17) is 15.0 Å². The number of fused-ring (bicyclic) bond motifs is 4. The number of aromatic nitrogens is 4. The Labute approximate surface area is 246 Å². The smallest absolute Gasteiger partial charge is 0.240 e. The van der Waals surface area contributed by atoms with Crippen molar-refractivity contribution in [3.05, 3.63) is 41.3 Å². The van der Waals surface area contributed by atoms with Crippen molar-refractivity contribution < 1.29 is 15.0 Å². The lowest BCUT2D eigenvalue weighted by atomic mass is 9.98. The van der Waals surface area contributed by atoms with Gasteiger partial charge in [0.2, 0.25) is 11.9 Å². The number of carbonyl (C=O) groups excluding carboxylic acids is 1. The summed E-state index contributed by atoms with van der Waals surface area (Å²) in [5, 5.41) is 23.9. The molecule has 3 N–H and O–H groups in total. The molecule has 2 bridgehead atoms. The average molecular weight is 573 g/mol. The highest BCUT2D eigenvalue weighted by Gasteiger charge is 2.41. The van der Waals surface area contributed by atoms with Gasteiger partial charge >= 0.3 is 0 Å². The molecule has 4 aliphatic rings. The predicted molar refractivity (Wildman–Crippen MR) is 159 cm³/mol.